The summed E-state index contributed by atoms with van der Waals surface area (Å²) in [5.74, 6) is 0.487. The Morgan fingerprint density at radius 2 is 1.63 bits per heavy atom. The molecule has 7 nitrogen and oxygen atoms in total. The van der Waals surface area contributed by atoms with E-state index >= 15 is 0 Å². The van der Waals surface area contributed by atoms with Gasteiger partial charge in [0.15, 0.2) is 0 Å². The average Bonchev–Trinajstić information content (AvgIpc) is 2.98. The van der Waals surface area contributed by atoms with Crippen molar-refractivity contribution in [2.75, 3.05) is 26.7 Å². The summed E-state index contributed by atoms with van der Waals surface area (Å²) in [6.45, 7) is 10.8. The summed E-state index contributed by atoms with van der Waals surface area (Å²) in [4.78, 5) is 31.9. The molecule has 3 aromatic rings. The second kappa shape index (κ2) is 14.3. The monoisotopic (exact) mass is 558 g/mol. The SMILES string of the molecule is CNC(C(=O)N1CCc2cc(OCc3ccccc3)ccc2C1C(=O)NCCN(C(C)C)C(C)C)c1ccccc1.[HH]. The minimum Gasteiger partial charge on any atom is -0.489 e. The summed E-state index contributed by atoms with van der Waals surface area (Å²) in [6, 6.07) is 25.1. The van der Waals surface area contributed by atoms with E-state index in [4.69, 9.17) is 4.74 Å². The molecule has 41 heavy (non-hydrogen) atoms. The van der Waals surface area contributed by atoms with Gasteiger partial charge in [0.1, 0.15) is 24.4 Å². The van der Waals surface area contributed by atoms with Gasteiger partial charge in [0.05, 0.1) is 0 Å². The Morgan fingerprint density at radius 1 is 0.976 bits per heavy atom. The van der Waals surface area contributed by atoms with Gasteiger partial charge in [-0.3, -0.25) is 14.5 Å². The van der Waals surface area contributed by atoms with Crippen molar-refractivity contribution in [3.63, 3.8) is 0 Å². The lowest BCUT2D eigenvalue weighted by Crippen LogP contribution is -2.51. The van der Waals surface area contributed by atoms with Crippen LogP contribution in [0, 0.1) is 0 Å². The molecule has 3 aromatic carbocycles. The number of hydrogen-bond donors (Lipinski definition) is 2. The lowest BCUT2D eigenvalue weighted by molar-refractivity contribution is -0.143. The van der Waals surface area contributed by atoms with Crippen molar-refractivity contribution in [1.29, 1.82) is 0 Å². The molecule has 0 aromatic heterocycles. The van der Waals surface area contributed by atoms with E-state index in [0.29, 0.717) is 38.2 Å². The highest BCUT2D eigenvalue weighted by Crippen LogP contribution is 2.34. The molecule has 1 aliphatic rings. The summed E-state index contributed by atoms with van der Waals surface area (Å²) in [7, 11) is 1.78. The van der Waals surface area contributed by atoms with Crippen molar-refractivity contribution < 1.29 is 15.8 Å². The number of nitrogens with one attached hydrogen (secondary N) is 2. The van der Waals surface area contributed by atoms with Crippen molar-refractivity contribution in [1.82, 2.24) is 20.4 Å². The lowest BCUT2D eigenvalue weighted by atomic mass is 9.90. The Bertz CT molecular complexity index is 1280. The van der Waals surface area contributed by atoms with Crippen LogP contribution in [0.4, 0.5) is 0 Å². The van der Waals surface area contributed by atoms with Crippen LogP contribution in [0.5, 0.6) is 5.75 Å². The van der Waals surface area contributed by atoms with Crippen LogP contribution in [0.25, 0.3) is 0 Å². The zero-order chi connectivity index (χ0) is 29.4. The average molecular weight is 559 g/mol. The Kier molecular flexibility index (Phi) is 10.6. The second-order valence-electron chi connectivity index (χ2n) is 11.2. The Hall–Kier alpha value is -3.68. The molecule has 220 valence electrons. The third-order valence-corrected chi connectivity index (χ3v) is 7.79. The van der Waals surface area contributed by atoms with Crippen molar-refractivity contribution in [3.05, 3.63) is 101 Å². The molecule has 0 bridgehead atoms. The fourth-order valence-corrected chi connectivity index (χ4v) is 5.72. The summed E-state index contributed by atoms with van der Waals surface area (Å²) in [6.07, 6.45) is 0.646. The Labute approximate surface area is 246 Å². The Balaban J connectivity index is 0.00000484. The zero-order valence-corrected chi connectivity index (χ0v) is 25.0. The maximum absolute atomic E-state index is 14.0. The topological polar surface area (TPSA) is 73.9 Å². The largest absolute Gasteiger partial charge is 0.489 e. The van der Waals surface area contributed by atoms with E-state index in [1.54, 1.807) is 11.9 Å². The molecule has 0 spiro atoms. The lowest BCUT2D eigenvalue weighted by Gasteiger charge is -2.38. The predicted octanol–water partition coefficient (Wildman–Crippen LogP) is 5.13. The first-order valence-electron chi connectivity index (χ1n) is 14.7. The van der Waals surface area contributed by atoms with E-state index in [9.17, 15) is 9.59 Å². The number of benzene rings is 3. The maximum Gasteiger partial charge on any atom is 0.247 e. The third-order valence-electron chi connectivity index (χ3n) is 7.79. The molecule has 4 rings (SSSR count). The molecule has 0 aliphatic carbocycles. The maximum atomic E-state index is 14.0. The molecule has 2 amide bonds. The van der Waals surface area contributed by atoms with Crippen molar-refractivity contribution in [2.45, 2.75) is 64.9 Å². The summed E-state index contributed by atoms with van der Waals surface area (Å²) in [5.41, 5.74) is 3.85. The molecule has 2 N–H and O–H groups in total. The van der Waals surface area contributed by atoms with E-state index in [-0.39, 0.29) is 13.2 Å². The molecule has 0 saturated carbocycles. The number of ether oxygens (including phenoxy) is 1. The van der Waals surface area contributed by atoms with Crippen molar-refractivity contribution in [3.8, 4) is 5.75 Å². The highest BCUT2D eigenvalue weighted by atomic mass is 16.5. The molecule has 0 fully saturated rings. The van der Waals surface area contributed by atoms with Gasteiger partial charge in [0.25, 0.3) is 0 Å². The quantitative estimate of drug-likeness (QED) is 0.322. The smallest absolute Gasteiger partial charge is 0.247 e. The molecule has 1 aliphatic heterocycles. The number of rotatable bonds is 12. The molecule has 2 atom stereocenters. The highest BCUT2D eigenvalue weighted by molar-refractivity contribution is 5.92. The van der Waals surface area contributed by atoms with Crippen LogP contribution in [-0.2, 0) is 22.6 Å². The number of nitrogens with zero attached hydrogens (tertiary/aromatic N) is 2. The summed E-state index contributed by atoms with van der Waals surface area (Å²) >= 11 is 0. The van der Waals surface area contributed by atoms with Crippen LogP contribution in [-0.4, -0.2) is 60.4 Å². The first kappa shape index (κ1) is 30.3. The fraction of sp³-hybridized carbons (Fsp3) is 0.412. The van der Waals surface area contributed by atoms with Crippen LogP contribution in [0.1, 0.15) is 63.5 Å². The van der Waals surface area contributed by atoms with Crippen molar-refractivity contribution >= 4 is 11.8 Å². The number of carbonyl (C=O) groups excluding carboxylic acids is 2. The second-order valence-corrected chi connectivity index (χ2v) is 11.2. The van der Waals surface area contributed by atoms with Gasteiger partial charge < -0.3 is 20.3 Å². The van der Waals surface area contributed by atoms with E-state index in [2.05, 4.69) is 43.2 Å². The third kappa shape index (κ3) is 7.54. The minimum atomic E-state index is -0.722. The van der Waals surface area contributed by atoms with Crippen LogP contribution in [0.3, 0.4) is 0 Å². The number of hydrogen-bond acceptors (Lipinski definition) is 5. The van der Waals surface area contributed by atoms with Gasteiger partial charge in [-0.2, -0.15) is 0 Å². The Morgan fingerprint density at radius 3 is 2.27 bits per heavy atom. The van der Waals surface area contributed by atoms with E-state index in [0.717, 1.165) is 34.5 Å². The van der Waals surface area contributed by atoms with Gasteiger partial charge in [0, 0.05) is 33.1 Å². The van der Waals surface area contributed by atoms with Gasteiger partial charge in [0.2, 0.25) is 11.8 Å². The molecular weight excluding hydrogens is 512 g/mol. The van der Waals surface area contributed by atoms with Crippen LogP contribution < -0.4 is 15.4 Å². The zero-order valence-electron chi connectivity index (χ0n) is 25.0. The van der Waals surface area contributed by atoms with Gasteiger partial charge in [-0.05, 0) is 75.5 Å². The first-order chi connectivity index (χ1) is 19.8. The predicted molar refractivity (Wildman–Crippen MR) is 166 cm³/mol. The number of amides is 2. The molecule has 2 unspecified atom stereocenters. The molecule has 0 saturated heterocycles. The minimum absolute atomic E-state index is 0. The summed E-state index contributed by atoms with van der Waals surface area (Å²) < 4.78 is 6.08. The van der Waals surface area contributed by atoms with Gasteiger partial charge in [-0.1, -0.05) is 66.7 Å². The molecule has 7 heteroatoms. The van der Waals surface area contributed by atoms with E-state index in [1.807, 2.05) is 78.9 Å². The standard InChI is InChI=1S/C34H44N4O3.H2/c1-24(2)37(25(3)4)21-19-36-33(39)32-30-17-16-29(41-23-26-12-8-6-9-13-26)22-28(30)18-20-38(32)34(40)31(35-5)27-14-10-7-11-15-27;/h6-17,22,24-25,31-32,35H,18-21,23H2,1-5H3,(H,36,39);1H. The molecule has 0 radical (unpaired) electrons. The van der Waals surface area contributed by atoms with Gasteiger partial charge in [-0.15, -0.1) is 0 Å². The van der Waals surface area contributed by atoms with Crippen LogP contribution >= 0.6 is 0 Å². The highest BCUT2D eigenvalue weighted by Gasteiger charge is 2.38. The normalized spacial score (nSPS) is 15.6. The number of fused-ring (bicyclic) bond motifs is 1. The molecule has 1 heterocycles. The summed E-state index contributed by atoms with van der Waals surface area (Å²) in [5, 5.41) is 6.32. The van der Waals surface area contributed by atoms with E-state index in [1.165, 1.54) is 0 Å². The fourth-order valence-electron chi connectivity index (χ4n) is 5.72. The van der Waals surface area contributed by atoms with Crippen LogP contribution in [0.2, 0.25) is 0 Å². The van der Waals surface area contributed by atoms with E-state index < -0.39 is 12.1 Å². The van der Waals surface area contributed by atoms with Crippen LogP contribution in [0.15, 0.2) is 78.9 Å². The van der Waals surface area contributed by atoms with Gasteiger partial charge >= 0.3 is 0 Å². The number of likely N-dealkylation sites (N-methyl/N-ethyl adjacent to an activating group) is 1. The van der Waals surface area contributed by atoms with Crippen molar-refractivity contribution in [2.24, 2.45) is 0 Å². The number of carbonyl (C=O) groups is 2. The van der Waals surface area contributed by atoms with Gasteiger partial charge in [-0.25, -0.2) is 0 Å². The first-order valence-corrected chi connectivity index (χ1v) is 14.7. The molecular formula is C34H46N4O3.